The van der Waals surface area contributed by atoms with Gasteiger partial charge in [0.2, 0.25) is 11.9 Å². The number of carbonyl (C=O) groups excluding carboxylic acids is 1. The standard InChI is InChI=1S/C14H17N7O/c1-9-17-10-4-2-3-5-11(10)21(9)7-6-13(22)16-8-12-18-14(15)20-19-12/h2-5H,6-8H2,1H3,(H,16,22)(H3,15,18,19,20). The monoisotopic (exact) mass is 299 g/mol. The SMILES string of the molecule is Cc1nc2ccccc2n1CCC(=O)NCc1nc(N)n[nH]1. The van der Waals surface area contributed by atoms with E-state index in [9.17, 15) is 4.79 Å². The highest BCUT2D eigenvalue weighted by atomic mass is 16.1. The van der Waals surface area contributed by atoms with Crippen molar-refractivity contribution >= 4 is 22.9 Å². The Morgan fingerprint density at radius 1 is 1.36 bits per heavy atom. The van der Waals surface area contributed by atoms with E-state index in [0.29, 0.717) is 18.8 Å². The molecule has 0 aliphatic rings. The van der Waals surface area contributed by atoms with Gasteiger partial charge in [0.05, 0.1) is 17.6 Å². The Bertz CT molecular complexity index is 804. The van der Waals surface area contributed by atoms with Crippen LogP contribution in [0, 0.1) is 6.92 Å². The molecule has 2 heterocycles. The topological polar surface area (TPSA) is 115 Å². The number of nitrogens with one attached hydrogen (secondary N) is 2. The van der Waals surface area contributed by atoms with Crippen LogP contribution in [0.25, 0.3) is 11.0 Å². The van der Waals surface area contributed by atoms with Crippen molar-refractivity contribution < 1.29 is 4.79 Å². The second kappa shape index (κ2) is 5.84. The Labute approximate surface area is 126 Å². The summed E-state index contributed by atoms with van der Waals surface area (Å²) in [5, 5.41) is 9.13. The van der Waals surface area contributed by atoms with Crippen LogP contribution in [0.5, 0.6) is 0 Å². The maximum Gasteiger partial charge on any atom is 0.239 e. The lowest BCUT2D eigenvalue weighted by Gasteiger charge is -2.07. The Balaban J connectivity index is 1.59. The van der Waals surface area contributed by atoms with Crippen LogP contribution in [-0.4, -0.2) is 30.6 Å². The highest BCUT2D eigenvalue weighted by Crippen LogP contribution is 2.15. The van der Waals surface area contributed by atoms with Crippen molar-refractivity contribution in [2.75, 3.05) is 5.73 Å². The highest BCUT2D eigenvalue weighted by Gasteiger charge is 2.09. The fourth-order valence-corrected chi connectivity index (χ4v) is 2.35. The quantitative estimate of drug-likeness (QED) is 0.643. The van der Waals surface area contributed by atoms with E-state index in [2.05, 4.69) is 25.5 Å². The van der Waals surface area contributed by atoms with Crippen LogP contribution in [0.1, 0.15) is 18.1 Å². The average molecular weight is 299 g/mol. The predicted molar refractivity (Wildman–Crippen MR) is 81.7 cm³/mol. The summed E-state index contributed by atoms with van der Waals surface area (Å²) in [6.07, 6.45) is 0.366. The normalized spacial score (nSPS) is 11.0. The number of nitrogens with two attached hydrogens (primary N) is 1. The first-order chi connectivity index (χ1) is 10.6. The van der Waals surface area contributed by atoms with Crippen molar-refractivity contribution in [3.05, 3.63) is 35.9 Å². The van der Waals surface area contributed by atoms with Crippen molar-refractivity contribution in [2.24, 2.45) is 0 Å². The number of aryl methyl sites for hydroxylation is 2. The Morgan fingerprint density at radius 2 is 2.18 bits per heavy atom. The van der Waals surface area contributed by atoms with Gasteiger partial charge in [-0.3, -0.25) is 9.89 Å². The van der Waals surface area contributed by atoms with Gasteiger partial charge in [0.15, 0.2) is 0 Å². The summed E-state index contributed by atoms with van der Waals surface area (Å²) in [6.45, 7) is 2.80. The number of nitrogen functional groups attached to an aromatic ring is 1. The number of imidazole rings is 1. The number of hydrogen-bond acceptors (Lipinski definition) is 5. The number of anilines is 1. The maximum atomic E-state index is 11.9. The molecule has 0 saturated heterocycles. The molecule has 0 spiro atoms. The molecule has 3 rings (SSSR count). The molecular weight excluding hydrogens is 282 g/mol. The number of amides is 1. The molecule has 4 N–H and O–H groups in total. The number of H-pyrrole nitrogens is 1. The van der Waals surface area contributed by atoms with E-state index in [1.165, 1.54) is 0 Å². The van der Waals surface area contributed by atoms with Crippen molar-refractivity contribution in [2.45, 2.75) is 26.4 Å². The number of carbonyl (C=O) groups is 1. The van der Waals surface area contributed by atoms with E-state index in [0.717, 1.165) is 16.9 Å². The number of rotatable bonds is 5. The lowest BCUT2D eigenvalue weighted by Crippen LogP contribution is -2.24. The van der Waals surface area contributed by atoms with Crippen LogP contribution in [0.3, 0.4) is 0 Å². The number of fused-ring (bicyclic) bond motifs is 1. The Morgan fingerprint density at radius 3 is 2.95 bits per heavy atom. The number of aromatic nitrogens is 5. The Hall–Kier alpha value is -2.90. The predicted octanol–water partition coefficient (Wildman–Crippen LogP) is 0.752. The molecule has 3 aromatic rings. The molecule has 1 amide bonds. The number of benzene rings is 1. The van der Waals surface area contributed by atoms with E-state index < -0.39 is 0 Å². The van der Waals surface area contributed by atoms with Crippen LogP contribution >= 0.6 is 0 Å². The maximum absolute atomic E-state index is 11.9. The van der Waals surface area contributed by atoms with Gasteiger partial charge < -0.3 is 15.6 Å². The highest BCUT2D eigenvalue weighted by molar-refractivity contribution is 5.77. The van der Waals surface area contributed by atoms with Crippen LogP contribution in [-0.2, 0) is 17.9 Å². The van der Waals surface area contributed by atoms with Crippen LogP contribution in [0.15, 0.2) is 24.3 Å². The first-order valence-electron chi connectivity index (χ1n) is 6.99. The van der Waals surface area contributed by atoms with Crippen molar-refractivity contribution in [3.8, 4) is 0 Å². The van der Waals surface area contributed by atoms with Gasteiger partial charge in [-0.05, 0) is 19.1 Å². The summed E-state index contributed by atoms with van der Waals surface area (Å²) >= 11 is 0. The minimum absolute atomic E-state index is 0.0628. The van der Waals surface area contributed by atoms with Crippen molar-refractivity contribution in [3.63, 3.8) is 0 Å². The van der Waals surface area contributed by atoms with Crippen molar-refractivity contribution in [1.82, 2.24) is 30.0 Å². The number of aromatic amines is 1. The summed E-state index contributed by atoms with van der Waals surface area (Å²) in [7, 11) is 0. The van der Waals surface area contributed by atoms with E-state index in [-0.39, 0.29) is 18.4 Å². The first kappa shape index (κ1) is 14.1. The van der Waals surface area contributed by atoms with Gasteiger partial charge in [0.25, 0.3) is 0 Å². The molecule has 0 aliphatic carbocycles. The molecule has 0 bridgehead atoms. The number of nitrogens with zero attached hydrogens (tertiary/aromatic N) is 4. The van der Waals surface area contributed by atoms with Gasteiger partial charge in [-0.25, -0.2) is 4.98 Å². The molecule has 8 heteroatoms. The molecule has 2 aromatic heterocycles. The molecule has 0 fully saturated rings. The molecule has 0 atom stereocenters. The van der Waals surface area contributed by atoms with Crippen molar-refractivity contribution in [1.29, 1.82) is 0 Å². The fraction of sp³-hybridized carbons (Fsp3) is 0.286. The molecule has 1 aromatic carbocycles. The molecule has 22 heavy (non-hydrogen) atoms. The molecule has 0 radical (unpaired) electrons. The minimum Gasteiger partial charge on any atom is -0.367 e. The molecule has 0 aliphatic heterocycles. The van der Waals surface area contributed by atoms with E-state index in [1.54, 1.807) is 0 Å². The molecule has 8 nitrogen and oxygen atoms in total. The van der Waals surface area contributed by atoms with Gasteiger partial charge in [0, 0.05) is 13.0 Å². The van der Waals surface area contributed by atoms with E-state index >= 15 is 0 Å². The zero-order chi connectivity index (χ0) is 15.5. The summed E-state index contributed by atoms with van der Waals surface area (Å²) in [5.74, 6) is 1.55. The van der Waals surface area contributed by atoms with E-state index in [4.69, 9.17) is 5.73 Å². The molecule has 0 saturated carbocycles. The van der Waals surface area contributed by atoms with E-state index in [1.807, 2.05) is 35.8 Å². The number of hydrogen-bond donors (Lipinski definition) is 3. The third-order valence-corrected chi connectivity index (χ3v) is 3.41. The zero-order valence-corrected chi connectivity index (χ0v) is 12.2. The summed E-state index contributed by atoms with van der Waals surface area (Å²) < 4.78 is 2.04. The summed E-state index contributed by atoms with van der Waals surface area (Å²) in [5.41, 5.74) is 7.38. The molecular formula is C14H17N7O. The average Bonchev–Trinajstić information content (AvgIpc) is 3.05. The van der Waals surface area contributed by atoms with Crippen LogP contribution in [0.4, 0.5) is 5.95 Å². The third kappa shape index (κ3) is 2.90. The lowest BCUT2D eigenvalue weighted by molar-refractivity contribution is -0.121. The lowest BCUT2D eigenvalue weighted by atomic mass is 10.3. The molecule has 0 unspecified atom stereocenters. The second-order valence-electron chi connectivity index (χ2n) is 4.97. The van der Waals surface area contributed by atoms with Gasteiger partial charge in [-0.2, -0.15) is 4.98 Å². The third-order valence-electron chi connectivity index (χ3n) is 3.41. The van der Waals surface area contributed by atoms with Gasteiger partial charge in [-0.15, -0.1) is 5.10 Å². The smallest absolute Gasteiger partial charge is 0.239 e. The Kier molecular flexibility index (Phi) is 3.73. The fourth-order valence-electron chi connectivity index (χ4n) is 2.35. The van der Waals surface area contributed by atoms with Gasteiger partial charge in [-0.1, -0.05) is 12.1 Å². The second-order valence-corrected chi connectivity index (χ2v) is 4.97. The summed E-state index contributed by atoms with van der Waals surface area (Å²) in [6, 6.07) is 7.89. The first-order valence-corrected chi connectivity index (χ1v) is 6.99. The molecule has 114 valence electrons. The largest absolute Gasteiger partial charge is 0.367 e. The van der Waals surface area contributed by atoms with Crippen LogP contribution in [0.2, 0.25) is 0 Å². The minimum atomic E-state index is -0.0628. The van der Waals surface area contributed by atoms with Crippen LogP contribution < -0.4 is 11.1 Å². The van der Waals surface area contributed by atoms with Gasteiger partial charge in [0.1, 0.15) is 11.6 Å². The van der Waals surface area contributed by atoms with Gasteiger partial charge >= 0.3 is 0 Å². The zero-order valence-electron chi connectivity index (χ0n) is 12.2. The number of para-hydroxylation sites is 2. The summed E-state index contributed by atoms with van der Waals surface area (Å²) in [4.78, 5) is 20.3.